The molecule has 0 bridgehead atoms. The number of benzene rings is 1. The smallest absolute Gasteiger partial charge is 0.328 e. The molecule has 19 heavy (non-hydrogen) atoms. The van der Waals surface area contributed by atoms with Crippen LogP contribution in [0.15, 0.2) is 22.7 Å². The first-order valence-corrected chi connectivity index (χ1v) is 6.02. The molecule has 7 nitrogen and oxygen atoms in total. The van der Waals surface area contributed by atoms with Crippen molar-refractivity contribution in [2.45, 2.75) is 6.04 Å². The molecule has 1 aromatic carbocycles. The molecule has 1 atom stereocenters. The van der Waals surface area contributed by atoms with E-state index in [9.17, 15) is 9.59 Å². The third kappa shape index (κ3) is 4.42. The lowest BCUT2D eigenvalue weighted by atomic mass is 10.3. The van der Waals surface area contributed by atoms with Gasteiger partial charge in [-0.15, -0.1) is 0 Å². The van der Waals surface area contributed by atoms with Crippen LogP contribution in [0.4, 0.5) is 10.5 Å². The van der Waals surface area contributed by atoms with Gasteiger partial charge in [0.1, 0.15) is 5.75 Å². The number of aliphatic hydroxyl groups excluding tert-OH is 1. The number of ether oxygens (including phenoxy) is 1. The van der Waals surface area contributed by atoms with Crippen LogP contribution in [0, 0.1) is 0 Å². The minimum Gasteiger partial charge on any atom is -0.497 e. The molecule has 104 valence electrons. The molecular weight excluding hydrogens is 320 g/mol. The third-order valence-electron chi connectivity index (χ3n) is 2.21. The first-order valence-electron chi connectivity index (χ1n) is 5.22. The Labute approximate surface area is 117 Å². The summed E-state index contributed by atoms with van der Waals surface area (Å²) < 4.78 is 5.62. The molecule has 0 heterocycles. The van der Waals surface area contributed by atoms with Gasteiger partial charge in [0.15, 0.2) is 6.04 Å². The van der Waals surface area contributed by atoms with Crippen molar-refractivity contribution in [2.75, 3.05) is 19.0 Å². The highest BCUT2D eigenvalue weighted by Gasteiger charge is 2.19. The maximum atomic E-state index is 11.6. The largest absolute Gasteiger partial charge is 0.497 e. The number of aliphatic carboxylic acids is 1. The van der Waals surface area contributed by atoms with Gasteiger partial charge in [-0.25, -0.2) is 9.59 Å². The molecule has 1 unspecified atom stereocenters. The van der Waals surface area contributed by atoms with Crippen LogP contribution in [0.5, 0.6) is 5.75 Å². The van der Waals surface area contributed by atoms with E-state index in [2.05, 4.69) is 26.6 Å². The van der Waals surface area contributed by atoms with Gasteiger partial charge in [0.25, 0.3) is 0 Å². The van der Waals surface area contributed by atoms with E-state index < -0.39 is 24.6 Å². The molecule has 8 heteroatoms. The molecule has 0 aliphatic rings. The molecular formula is C11H13BrN2O5. The fraction of sp³-hybridized carbons (Fsp3) is 0.273. The summed E-state index contributed by atoms with van der Waals surface area (Å²) in [5, 5.41) is 22.1. The van der Waals surface area contributed by atoms with Gasteiger partial charge in [-0.2, -0.15) is 0 Å². The topological polar surface area (TPSA) is 108 Å². The van der Waals surface area contributed by atoms with E-state index >= 15 is 0 Å². The number of carbonyl (C=O) groups excluding carboxylic acids is 1. The van der Waals surface area contributed by atoms with E-state index in [1.165, 1.54) is 7.11 Å². The number of aliphatic hydroxyl groups is 1. The summed E-state index contributed by atoms with van der Waals surface area (Å²) in [5.41, 5.74) is 0.416. The molecule has 0 aliphatic heterocycles. The van der Waals surface area contributed by atoms with E-state index in [-0.39, 0.29) is 0 Å². The Hall–Kier alpha value is -1.80. The summed E-state index contributed by atoms with van der Waals surface area (Å²) in [5.74, 6) is -0.780. The summed E-state index contributed by atoms with van der Waals surface area (Å²) in [7, 11) is 1.49. The van der Waals surface area contributed by atoms with Gasteiger partial charge in [0, 0.05) is 10.5 Å². The van der Waals surface area contributed by atoms with Gasteiger partial charge in [0.2, 0.25) is 0 Å². The number of rotatable bonds is 5. The Balaban J connectivity index is 2.73. The number of carbonyl (C=O) groups is 2. The number of anilines is 1. The average Bonchev–Trinajstić information content (AvgIpc) is 2.38. The minimum atomic E-state index is -1.36. The summed E-state index contributed by atoms with van der Waals surface area (Å²) in [6, 6.07) is 2.84. The standard InChI is InChI=1S/C11H13BrN2O5/c1-19-6-2-3-7(12)8(4-6)13-11(18)14-9(5-15)10(16)17/h2-4,9,15H,5H2,1H3,(H,16,17)(H2,13,14,18). The zero-order chi connectivity index (χ0) is 14.4. The molecule has 0 fully saturated rings. The first kappa shape index (κ1) is 15.3. The lowest BCUT2D eigenvalue weighted by molar-refractivity contribution is -0.140. The van der Waals surface area contributed by atoms with Gasteiger partial charge in [-0.3, -0.25) is 0 Å². The molecule has 0 aromatic heterocycles. The summed E-state index contributed by atoms with van der Waals surface area (Å²) >= 11 is 3.24. The van der Waals surface area contributed by atoms with Crippen molar-refractivity contribution in [1.82, 2.24) is 5.32 Å². The van der Waals surface area contributed by atoms with Crippen molar-refractivity contribution >= 4 is 33.6 Å². The van der Waals surface area contributed by atoms with Crippen LogP contribution in [-0.2, 0) is 4.79 Å². The van der Waals surface area contributed by atoms with E-state index in [1.807, 2.05) is 0 Å². The van der Waals surface area contributed by atoms with E-state index in [1.54, 1.807) is 18.2 Å². The zero-order valence-electron chi connectivity index (χ0n) is 10.0. The van der Waals surface area contributed by atoms with E-state index in [0.717, 1.165) is 0 Å². The average molecular weight is 333 g/mol. The van der Waals surface area contributed by atoms with Gasteiger partial charge in [-0.05, 0) is 28.1 Å². The predicted octanol–water partition coefficient (Wildman–Crippen LogP) is 1.02. The molecule has 0 saturated heterocycles. The molecule has 4 N–H and O–H groups in total. The predicted molar refractivity (Wildman–Crippen MR) is 71.4 cm³/mol. The zero-order valence-corrected chi connectivity index (χ0v) is 11.6. The second kappa shape index (κ2) is 6.95. The van der Waals surface area contributed by atoms with Crippen LogP contribution in [0.2, 0.25) is 0 Å². The lowest BCUT2D eigenvalue weighted by Gasteiger charge is -2.14. The van der Waals surface area contributed by atoms with Crippen LogP contribution < -0.4 is 15.4 Å². The van der Waals surface area contributed by atoms with Crippen LogP contribution in [0.25, 0.3) is 0 Å². The Bertz CT molecular complexity index is 480. The van der Waals surface area contributed by atoms with Gasteiger partial charge in [-0.1, -0.05) is 0 Å². The molecule has 2 amide bonds. The van der Waals surface area contributed by atoms with Crippen molar-refractivity contribution in [2.24, 2.45) is 0 Å². The van der Waals surface area contributed by atoms with Crippen molar-refractivity contribution in [3.8, 4) is 5.75 Å². The second-order valence-electron chi connectivity index (χ2n) is 3.52. The normalized spacial score (nSPS) is 11.5. The number of amides is 2. The number of halogens is 1. The third-order valence-corrected chi connectivity index (χ3v) is 2.90. The summed E-state index contributed by atoms with van der Waals surface area (Å²) in [4.78, 5) is 22.2. The van der Waals surface area contributed by atoms with Crippen LogP contribution >= 0.6 is 15.9 Å². The highest BCUT2D eigenvalue weighted by atomic mass is 79.9. The SMILES string of the molecule is COc1ccc(Br)c(NC(=O)NC(CO)C(=O)O)c1. The number of hydrogen-bond donors (Lipinski definition) is 4. The number of methoxy groups -OCH3 is 1. The van der Waals surface area contributed by atoms with Crippen LogP contribution in [0.1, 0.15) is 0 Å². The highest BCUT2D eigenvalue weighted by Crippen LogP contribution is 2.26. The summed E-state index contributed by atoms with van der Waals surface area (Å²) in [6.07, 6.45) is 0. The quantitative estimate of drug-likeness (QED) is 0.644. The van der Waals surface area contributed by atoms with E-state index in [0.29, 0.717) is 15.9 Å². The lowest BCUT2D eigenvalue weighted by Crippen LogP contribution is -2.45. The molecule has 0 radical (unpaired) electrons. The maximum absolute atomic E-state index is 11.6. The molecule has 1 rings (SSSR count). The minimum absolute atomic E-state index is 0.416. The monoisotopic (exact) mass is 332 g/mol. The van der Waals surface area contributed by atoms with Crippen molar-refractivity contribution in [1.29, 1.82) is 0 Å². The van der Waals surface area contributed by atoms with Crippen LogP contribution in [-0.4, -0.2) is 42.0 Å². The molecule has 0 spiro atoms. The molecule has 0 aliphatic carbocycles. The number of carboxylic acids is 1. The number of carboxylic acid groups (broad SMARTS) is 1. The van der Waals surface area contributed by atoms with Crippen molar-refractivity contribution in [3.05, 3.63) is 22.7 Å². The molecule has 1 aromatic rings. The van der Waals surface area contributed by atoms with E-state index in [4.69, 9.17) is 14.9 Å². The number of hydrogen-bond acceptors (Lipinski definition) is 4. The number of urea groups is 1. The summed E-state index contributed by atoms with van der Waals surface area (Å²) in [6.45, 7) is -0.692. The Morgan fingerprint density at radius 2 is 2.16 bits per heavy atom. The number of nitrogens with one attached hydrogen (secondary N) is 2. The van der Waals surface area contributed by atoms with Gasteiger partial charge < -0.3 is 25.6 Å². The van der Waals surface area contributed by atoms with Crippen molar-refractivity contribution in [3.63, 3.8) is 0 Å². The van der Waals surface area contributed by atoms with Gasteiger partial charge >= 0.3 is 12.0 Å². The Morgan fingerprint density at radius 1 is 1.47 bits per heavy atom. The van der Waals surface area contributed by atoms with Gasteiger partial charge in [0.05, 0.1) is 19.4 Å². The Kier molecular flexibility index (Phi) is 5.58. The fourth-order valence-electron chi connectivity index (χ4n) is 1.23. The van der Waals surface area contributed by atoms with Crippen LogP contribution in [0.3, 0.4) is 0 Å². The van der Waals surface area contributed by atoms with Crippen molar-refractivity contribution < 1.29 is 24.5 Å². The molecule has 0 saturated carbocycles. The highest BCUT2D eigenvalue weighted by molar-refractivity contribution is 9.10. The second-order valence-corrected chi connectivity index (χ2v) is 4.37. The maximum Gasteiger partial charge on any atom is 0.328 e. The Morgan fingerprint density at radius 3 is 2.68 bits per heavy atom. The first-order chi connectivity index (χ1) is 8.97. The fourth-order valence-corrected chi connectivity index (χ4v) is 1.58.